The normalized spacial score (nSPS) is 9.73. The van der Waals surface area contributed by atoms with Crippen molar-refractivity contribution in [3.8, 4) is 0 Å². The minimum absolute atomic E-state index is 0.0322. The van der Waals surface area contributed by atoms with Crippen molar-refractivity contribution in [2.45, 2.75) is 6.92 Å². The summed E-state index contributed by atoms with van der Waals surface area (Å²) in [6, 6.07) is 1.56. The van der Waals surface area contributed by atoms with E-state index in [1.54, 1.807) is 13.0 Å². The number of hydrogen-bond acceptors (Lipinski definition) is 5. The van der Waals surface area contributed by atoms with Crippen LogP contribution in [0.25, 0.3) is 0 Å². The maximum atomic E-state index is 11.0. The van der Waals surface area contributed by atoms with Crippen LogP contribution in [0.2, 0.25) is 5.02 Å². The zero-order chi connectivity index (χ0) is 11.3. The molecule has 3 N–H and O–H groups in total. The third-order valence-corrected chi connectivity index (χ3v) is 1.86. The molecule has 0 atom stereocenters. The molecule has 6 heteroatoms. The van der Waals surface area contributed by atoms with Crippen LogP contribution in [0, 0.1) is 0 Å². The molecule has 0 spiro atoms. The first-order chi connectivity index (χ1) is 7.13. The summed E-state index contributed by atoms with van der Waals surface area (Å²) >= 11 is 5.83. The van der Waals surface area contributed by atoms with Gasteiger partial charge in [-0.25, -0.2) is 4.98 Å². The van der Waals surface area contributed by atoms with Crippen LogP contribution >= 0.6 is 11.6 Å². The van der Waals surface area contributed by atoms with Gasteiger partial charge in [0.15, 0.2) is 0 Å². The zero-order valence-electron chi connectivity index (χ0n) is 8.29. The molecule has 0 amide bonds. The van der Waals surface area contributed by atoms with Gasteiger partial charge in [-0.15, -0.1) is 0 Å². The molecule has 1 aromatic rings. The van der Waals surface area contributed by atoms with E-state index in [4.69, 9.17) is 22.1 Å². The van der Waals surface area contributed by atoms with Crippen molar-refractivity contribution < 1.29 is 9.53 Å². The Bertz CT molecular complexity index is 357. The van der Waals surface area contributed by atoms with E-state index in [0.29, 0.717) is 23.1 Å². The van der Waals surface area contributed by atoms with Crippen LogP contribution in [0.3, 0.4) is 0 Å². The van der Waals surface area contributed by atoms with Crippen LogP contribution in [0.1, 0.15) is 6.92 Å². The number of nitrogens with two attached hydrogens (primary N) is 1. The van der Waals surface area contributed by atoms with Gasteiger partial charge in [0.05, 0.1) is 23.5 Å². The van der Waals surface area contributed by atoms with E-state index in [9.17, 15) is 4.79 Å². The highest BCUT2D eigenvalue weighted by molar-refractivity contribution is 6.33. The number of nitrogen functional groups attached to an aromatic ring is 1. The second-order valence-corrected chi connectivity index (χ2v) is 3.16. The summed E-state index contributed by atoms with van der Waals surface area (Å²) in [5, 5.41) is 3.13. The molecular formula is C9H12ClN3O2. The molecule has 1 heterocycles. The smallest absolute Gasteiger partial charge is 0.325 e. The first-order valence-corrected chi connectivity index (χ1v) is 4.81. The van der Waals surface area contributed by atoms with E-state index < -0.39 is 0 Å². The first kappa shape index (κ1) is 11.6. The van der Waals surface area contributed by atoms with Crippen molar-refractivity contribution in [2.24, 2.45) is 0 Å². The lowest BCUT2D eigenvalue weighted by molar-refractivity contribution is -0.140. The second-order valence-electron chi connectivity index (χ2n) is 2.76. The molecule has 5 nitrogen and oxygen atoms in total. The quantitative estimate of drug-likeness (QED) is 0.761. The Hall–Kier alpha value is -1.49. The van der Waals surface area contributed by atoms with Crippen LogP contribution in [-0.2, 0) is 9.53 Å². The van der Waals surface area contributed by atoms with Gasteiger partial charge >= 0.3 is 5.97 Å². The van der Waals surface area contributed by atoms with E-state index in [2.05, 4.69) is 10.3 Å². The van der Waals surface area contributed by atoms with Gasteiger partial charge in [0.2, 0.25) is 0 Å². The SMILES string of the molecule is CCOC(=O)CNc1ncc(N)cc1Cl. The van der Waals surface area contributed by atoms with Crippen LogP contribution in [0.4, 0.5) is 11.5 Å². The molecular weight excluding hydrogens is 218 g/mol. The minimum atomic E-state index is -0.354. The molecule has 0 aliphatic rings. The number of nitrogens with one attached hydrogen (secondary N) is 1. The molecule has 0 aliphatic heterocycles. The van der Waals surface area contributed by atoms with E-state index in [1.807, 2.05) is 0 Å². The number of hydrogen-bond donors (Lipinski definition) is 2. The molecule has 1 aromatic heterocycles. The van der Waals surface area contributed by atoms with Crippen molar-refractivity contribution in [2.75, 3.05) is 24.2 Å². The Morgan fingerprint density at radius 3 is 3.07 bits per heavy atom. The fraction of sp³-hybridized carbons (Fsp3) is 0.333. The van der Waals surface area contributed by atoms with Crippen LogP contribution in [-0.4, -0.2) is 24.1 Å². The molecule has 15 heavy (non-hydrogen) atoms. The Balaban J connectivity index is 2.54. The molecule has 0 saturated carbocycles. The van der Waals surface area contributed by atoms with Crippen LogP contribution < -0.4 is 11.1 Å². The van der Waals surface area contributed by atoms with Gasteiger partial charge in [-0.05, 0) is 13.0 Å². The predicted molar refractivity (Wildman–Crippen MR) is 58.8 cm³/mol. The average Bonchev–Trinajstić information content (AvgIpc) is 2.17. The van der Waals surface area contributed by atoms with Gasteiger partial charge in [-0.2, -0.15) is 0 Å². The summed E-state index contributed by atoms with van der Waals surface area (Å²) < 4.78 is 4.73. The number of rotatable bonds is 4. The molecule has 82 valence electrons. The number of nitrogens with zero attached hydrogens (tertiary/aromatic N) is 1. The fourth-order valence-corrected chi connectivity index (χ4v) is 1.19. The molecule has 0 fully saturated rings. The van der Waals surface area contributed by atoms with E-state index in [0.717, 1.165) is 0 Å². The summed E-state index contributed by atoms with van der Waals surface area (Å²) in [7, 11) is 0. The summed E-state index contributed by atoms with van der Waals surface area (Å²) in [5.74, 6) is 0.0612. The Kier molecular flexibility index (Phi) is 4.17. The predicted octanol–water partition coefficient (Wildman–Crippen LogP) is 1.29. The highest BCUT2D eigenvalue weighted by Gasteiger charge is 2.05. The number of ether oxygens (including phenoxy) is 1. The maximum absolute atomic E-state index is 11.0. The molecule has 0 unspecified atom stereocenters. The van der Waals surface area contributed by atoms with Crippen LogP contribution in [0.5, 0.6) is 0 Å². The number of halogens is 1. The van der Waals surface area contributed by atoms with Gasteiger partial charge in [-0.1, -0.05) is 11.6 Å². The standard InChI is InChI=1S/C9H12ClN3O2/c1-2-15-8(14)5-13-9-7(10)3-6(11)4-12-9/h3-4H,2,5,11H2,1H3,(H,12,13). The number of carbonyl (C=O) groups is 1. The van der Waals surface area contributed by atoms with Gasteiger partial charge in [0, 0.05) is 0 Å². The third-order valence-electron chi connectivity index (χ3n) is 1.57. The average molecular weight is 230 g/mol. The van der Waals surface area contributed by atoms with Gasteiger partial charge in [0.25, 0.3) is 0 Å². The molecule has 0 radical (unpaired) electrons. The number of pyridine rings is 1. The molecule has 0 aromatic carbocycles. The van der Waals surface area contributed by atoms with E-state index >= 15 is 0 Å². The lowest BCUT2D eigenvalue weighted by atomic mass is 10.4. The second kappa shape index (κ2) is 5.41. The van der Waals surface area contributed by atoms with Crippen molar-refractivity contribution in [1.82, 2.24) is 4.98 Å². The highest BCUT2D eigenvalue weighted by Crippen LogP contribution is 2.20. The van der Waals surface area contributed by atoms with E-state index in [1.165, 1.54) is 6.20 Å². The third kappa shape index (κ3) is 3.63. The first-order valence-electron chi connectivity index (χ1n) is 4.44. The Morgan fingerprint density at radius 2 is 2.47 bits per heavy atom. The Morgan fingerprint density at radius 1 is 1.73 bits per heavy atom. The zero-order valence-corrected chi connectivity index (χ0v) is 9.04. The summed E-state index contributed by atoms with van der Waals surface area (Å²) in [6.07, 6.45) is 1.46. The van der Waals surface area contributed by atoms with Gasteiger partial charge in [0.1, 0.15) is 12.4 Å². The van der Waals surface area contributed by atoms with Crippen molar-refractivity contribution in [3.63, 3.8) is 0 Å². The van der Waals surface area contributed by atoms with Crippen LogP contribution in [0.15, 0.2) is 12.3 Å². The topological polar surface area (TPSA) is 77.2 Å². The number of carbonyl (C=O) groups excluding carboxylic acids is 1. The number of esters is 1. The van der Waals surface area contributed by atoms with Gasteiger partial charge < -0.3 is 15.8 Å². The number of anilines is 2. The molecule has 1 rings (SSSR count). The van der Waals surface area contributed by atoms with Gasteiger partial charge in [-0.3, -0.25) is 4.79 Å². The van der Waals surface area contributed by atoms with Crippen molar-refractivity contribution in [3.05, 3.63) is 17.3 Å². The van der Waals surface area contributed by atoms with E-state index in [-0.39, 0.29) is 12.5 Å². The lowest BCUT2D eigenvalue weighted by Gasteiger charge is -2.06. The highest BCUT2D eigenvalue weighted by atomic mass is 35.5. The minimum Gasteiger partial charge on any atom is -0.465 e. The van der Waals surface area contributed by atoms with Crippen molar-refractivity contribution >= 4 is 29.1 Å². The largest absolute Gasteiger partial charge is 0.465 e. The van der Waals surface area contributed by atoms with Crippen molar-refractivity contribution in [1.29, 1.82) is 0 Å². The lowest BCUT2D eigenvalue weighted by Crippen LogP contribution is -2.17. The summed E-state index contributed by atoms with van der Waals surface area (Å²) in [6.45, 7) is 2.13. The summed E-state index contributed by atoms with van der Waals surface area (Å²) in [4.78, 5) is 14.9. The molecule has 0 saturated heterocycles. The summed E-state index contributed by atoms with van der Waals surface area (Å²) in [5.41, 5.74) is 5.94. The maximum Gasteiger partial charge on any atom is 0.325 e. The fourth-order valence-electron chi connectivity index (χ4n) is 0.951. The molecule has 0 aliphatic carbocycles. The molecule has 0 bridgehead atoms. The number of aromatic nitrogens is 1. The Labute approximate surface area is 92.6 Å². The monoisotopic (exact) mass is 229 g/mol.